The summed E-state index contributed by atoms with van der Waals surface area (Å²) < 4.78 is 5.48. The number of anilines is 1. The second-order valence-corrected chi connectivity index (χ2v) is 5.01. The summed E-state index contributed by atoms with van der Waals surface area (Å²) in [6.07, 6.45) is 1.86. The first kappa shape index (κ1) is 14.1. The van der Waals surface area contributed by atoms with Crippen LogP contribution in [0.15, 0.2) is 71.8 Å². The van der Waals surface area contributed by atoms with E-state index in [0.717, 1.165) is 22.4 Å². The summed E-state index contributed by atoms with van der Waals surface area (Å²) in [5.74, 6) is 0.823. The number of hydrogen-bond donors (Lipinski definition) is 0. The minimum atomic E-state index is 0.823. The monoisotopic (exact) mass is 290 g/mol. The van der Waals surface area contributed by atoms with E-state index in [2.05, 4.69) is 23.3 Å². The molecule has 110 valence electrons. The van der Waals surface area contributed by atoms with Gasteiger partial charge in [0.25, 0.3) is 0 Å². The fraction of sp³-hybridized carbons (Fsp3) is 0.105. The highest BCUT2D eigenvalue weighted by Gasteiger charge is 2.06. The molecule has 0 aliphatic carbocycles. The average Bonchev–Trinajstić information content (AvgIpc) is 2.60. The molecule has 3 nitrogen and oxygen atoms in total. The number of hydrogen-bond acceptors (Lipinski definition) is 3. The van der Waals surface area contributed by atoms with Crippen molar-refractivity contribution in [3.63, 3.8) is 0 Å². The summed E-state index contributed by atoms with van der Waals surface area (Å²) in [6.45, 7) is 0. The first-order valence-electron chi connectivity index (χ1n) is 7.18. The molecule has 3 heteroatoms. The molecule has 0 spiro atoms. The summed E-state index contributed by atoms with van der Waals surface area (Å²) in [7, 11) is 3.62. The number of nitrogens with zero attached hydrogens (tertiary/aromatic N) is 2. The maximum Gasteiger partial charge on any atom is 0.128 e. The van der Waals surface area contributed by atoms with Crippen LogP contribution in [0, 0.1) is 0 Å². The van der Waals surface area contributed by atoms with Crippen LogP contribution in [0.2, 0.25) is 0 Å². The van der Waals surface area contributed by atoms with Gasteiger partial charge in [0.05, 0.1) is 19.0 Å². The fourth-order valence-electron chi connectivity index (χ4n) is 2.44. The van der Waals surface area contributed by atoms with E-state index in [-0.39, 0.29) is 0 Å². The maximum atomic E-state index is 5.48. The van der Waals surface area contributed by atoms with Gasteiger partial charge in [-0.1, -0.05) is 48.5 Å². The zero-order valence-corrected chi connectivity index (χ0v) is 12.7. The Balaban J connectivity index is 2.00. The van der Waals surface area contributed by atoms with Crippen LogP contribution in [0.1, 0.15) is 5.56 Å². The summed E-state index contributed by atoms with van der Waals surface area (Å²) >= 11 is 0. The van der Waals surface area contributed by atoms with Gasteiger partial charge in [0, 0.05) is 12.6 Å². The number of para-hydroxylation sites is 1. The standard InChI is InChI=1S/C19H18N2O/c1-21(16-9-4-3-5-10-16)20-14-18-17-11-7-6-8-15(17)12-13-19(18)22-2/h3-14H,1-2H3/b20-14-. The number of rotatable bonds is 4. The van der Waals surface area contributed by atoms with Gasteiger partial charge in [-0.3, -0.25) is 5.01 Å². The predicted molar refractivity (Wildman–Crippen MR) is 92.9 cm³/mol. The SMILES string of the molecule is COc1ccc2ccccc2c1/C=N\N(C)c1ccccc1. The molecule has 3 rings (SSSR count). The summed E-state index contributed by atoms with van der Waals surface area (Å²) in [6, 6.07) is 22.3. The van der Waals surface area contributed by atoms with E-state index in [1.807, 2.05) is 66.8 Å². The van der Waals surface area contributed by atoms with Crippen LogP contribution in [-0.2, 0) is 0 Å². The molecule has 0 radical (unpaired) electrons. The van der Waals surface area contributed by atoms with Gasteiger partial charge in [-0.25, -0.2) is 0 Å². The number of methoxy groups -OCH3 is 1. The van der Waals surface area contributed by atoms with Crippen LogP contribution in [0.3, 0.4) is 0 Å². The molecule has 0 amide bonds. The summed E-state index contributed by atoms with van der Waals surface area (Å²) in [4.78, 5) is 0. The molecular formula is C19H18N2O. The van der Waals surface area contributed by atoms with Crippen molar-refractivity contribution in [1.82, 2.24) is 0 Å². The Hall–Kier alpha value is -2.81. The minimum Gasteiger partial charge on any atom is -0.496 e. The van der Waals surface area contributed by atoms with E-state index in [9.17, 15) is 0 Å². The topological polar surface area (TPSA) is 24.8 Å². The quantitative estimate of drug-likeness (QED) is 0.528. The average molecular weight is 290 g/mol. The highest BCUT2D eigenvalue weighted by molar-refractivity contribution is 6.02. The third-order valence-electron chi connectivity index (χ3n) is 3.64. The van der Waals surface area contributed by atoms with E-state index in [1.54, 1.807) is 7.11 Å². The Bertz CT molecular complexity index is 797. The molecule has 0 bridgehead atoms. The molecule has 0 aromatic heterocycles. The van der Waals surface area contributed by atoms with Crippen molar-refractivity contribution in [1.29, 1.82) is 0 Å². The van der Waals surface area contributed by atoms with Crippen molar-refractivity contribution in [3.8, 4) is 5.75 Å². The Morgan fingerprint density at radius 2 is 1.64 bits per heavy atom. The zero-order valence-electron chi connectivity index (χ0n) is 12.7. The van der Waals surface area contributed by atoms with Crippen LogP contribution < -0.4 is 9.75 Å². The van der Waals surface area contributed by atoms with E-state index in [4.69, 9.17) is 4.74 Å². The lowest BCUT2D eigenvalue weighted by molar-refractivity contribution is 0.415. The van der Waals surface area contributed by atoms with Crippen molar-refractivity contribution in [2.75, 3.05) is 19.2 Å². The van der Waals surface area contributed by atoms with Gasteiger partial charge in [-0.05, 0) is 29.0 Å². The second-order valence-electron chi connectivity index (χ2n) is 5.01. The van der Waals surface area contributed by atoms with Gasteiger partial charge >= 0.3 is 0 Å². The lowest BCUT2D eigenvalue weighted by Gasteiger charge is -2.13. The molecule has 0 N–H and O–H groups in total. The highest BCUT2D eigenvalue weighted by Crippen LogP contribution is 2.26. The molecule has 3 aromatic carbocycles. The molecule has 22 heavy (non-hydrogen) atoms. The van der Waals surface area contributed by atoms with E-state index in [1.165, 1.54) is 5.39 Å². The summed E-state index contributed by atoms with van der Waals surface area (Å²) in [5.41, 5.74) is 2.03. The second kappa shape index (κ2) is 6.31. The van der Waals surface area contributed by atoms with Gasteiger partial charge < -0.3 is 4.74 Å². The van der Waals surface area contributed by atoms with Gasteiger partial charge in [0.1, 0.15) is 5.75 Å². The smallest absolute Gasteiger partial charge is 0.128 e. The van der Waals surface area contributed by atoms with Crippen LogP contribution in [-0.4, -0.2) is 20.4 Å². The van der Waals surface area contributed by atoms with Gasteiger partial charge in [0.2, 0.25) is 0 Å². The highest BCUT2D eigenvalue weighted by atomic mass is 16.5. The minimum absolute atomic E-state index is 0.823. The maximum absolute atomic E-state index is 5.48. The predicted octanol–water partition coefficient (Wildman–Crippen LogP) is 4.32. The Kier molecular flexibility index (Phi) is 4.05. The van der Waals surface area contributed by atoms with E-state index in [0.29, 0.717) is 0 Å². The molecule has 0 atom stereocenters. The molecule has 0 heterocycles. The van der Waals surface area contributed by atoms with Crippen molar-refractivity contribution in [3.05, 3.63) is 72.3 Å². The van der Waals surface area contributed by atoms with Gasteiger partial charge in [-0.2, -0.15) is 5.10 Å². The molecular weight excluding hydrogens is 272 g/mol. The van der Waals surface area contributed by atoms with Crippen molar-refractivity contribution < 1.29 is 4.74 Å². The van der Waals surface area contributed by atoms with Gasteiger partial charge in [0.15, 0.2) is 0 Å². The van der Waals surface area contributed by atoms with Crippen molar-refractivity contribution >= 4 is 22.7 Å². The molecule has 0 saturated carbocycles. The first-order chi connectivity index (χ1) is 10.8. The molecule has 0 aliphatic heterocycles. The number of benzene rings is 3. The van der Waals surface area contributed by atoms with Crippen LogP contribution >= 0.6 is 0 Å². The van der Waals surface area contributed by atoms with Crippen molar-refractivity contribution in [2.24, 2.45) is 5.10 Å². The summed E-state index contributed by atoms with van der Waals surface area (Å²) in [5, 5.41) is 8.70. The fourth-order valence-corrected chi connectivity index (χ4v) is 2.44. The normalized spacial score (nSPS) is 11.0. The lowest BCUT2D eigenvalue weighted by Crippen LogP contribution is -2.08. The zero-order chi connectivity index (χ0) is 15.4. The van der Waals surface area contributed by atoms with Gasteiger partial charge in [-0.15, -0.1) is 0 Å². The van der Waals surface area contributed by atoms with E-state index < -0.39 is 0 Å². The largest absolute Gasteiger partial charge is 0.496 e. The van der Waals surface area contributed by atoms with E-state index >= 15 is 0 Å². The Morgan fingerprint density at radius 3 is 2.41 bits per heavy atom. The Labute approximate surface area is 130 Å². The molecule has 0 aliphatic rings. The van der Waals surface area contributed by atoms with Crippen LogP contribution in [0.5, 0.6) is 5.75 Å². The molecule has 0 saturated heterocycles. The number of fused-ring (bicyclic) bond motifs is 1. The third kappa shape index (κ3) is 2.79. The number of ether oxygens (including phenoxy) is 1. The Morgan fingerprint density at radius 1 is 0.909 bits per heavy atom. The lowest BCUT2D eigenvalue weighted by atomic mass is 10.0. The van der Waals surface area contributed by atoms with Crippen molar-refractivity contribution in [2.45, 2.75) is 0 Å². The first-order valence-corrected chi connectivity index (χ1v) is 7.18. The van der Waals surface area contributed by atoms with Crippen LogP contribution in [0.25, 0.3) is 10.8 Å². The molecule has 0 unspecified atom stereocenters. The third-order valence-corrected chi connectivity index (χ3v) is 3.64. The number of hydrazone groups is 1. The molecule has 3 aromatic rings. The van der Waals surface area contributed by atoms with Crippen LogP contribution in [0.4, 0.5) is 5.69 Å². The molecule has 0 fully saturated rings.